The third-order valence-electron chi connectivity index (χ3n) is 3.25. The summed E-state index contributed by atoms with van der Waals surface area (Å²) in [6, 6.07) is 0.681. The Morgan fingerprint density at radius 1 is 1.33 bits per heavy atom. The van der Waals surface area contributed by atoms with Gasteiger partial charge in [-0.2, -0.15) is 0 Å². The second-order valence-corrected chi connectivity index (χ2v) is 4.87. The predicted molar refractivity (Wildman–Crippen MR) is 70.1 cm³/mol. The van der Waals surface area contributed by atoms with Gasteiger partial charge in [-0.05, 0) is 31.5 Å². The van der Waals surface area contributed by atoms with Crippen molar-refractivity contribution >= 4 is 17.3 Å². The second-order valence-electron chi connectivity index (χ2n) is 4.49. The van der Waals surface area contributed by atoms with Crippen LogP contribution in [-0.4, -0.2) is 29.6 Å². The maximum Gasteiger partial charge on any atom is 0.168 e. The quantitative estimate of drug-likeness (QED) is 0.588. The molecule has 1 aliphatic carbocycles. The van der Waals surface area contributed by atoms with Gasteiger partial charge in [0.1, 0.15) is 0 Å². The lowest BCUT2D eigenvalue weighted by Gasteiger charge is -2.33. The summed E-state index contributed by atoms with van der Waals surface area (Å²) in [6.45, 7) is 3.22. The van der Waals surface area contributed by atoms with Crippen molar-refractivity contribution in [3.8, 4) is 0 Å². The van der Waals surface area contributed by atoms with Crippen LogP contribution in [0.5, 0.6) is 0 Å². The van der Waals surface area contributed by atoms with Crippen molar-refractivity contribution in [3.63, 3.8) is 0 Å². The molecule has 1 aliphatic rings. The molecule has 0 aromatic carbocycles. The summed E-state index contributed by atoms with van der Waals surface area (Å²) in [5.41, 5.74) is 0. The van der Waals surface area contributed by atoms with Gasteiger partial charge in [0.15, 0.2) is 5.11 Å². The molecule has 1 saturated carbocycles. The van der Waals surface area contributed by atoms with E-state index < -0.39 is 0 Å². The fourth-order valence-corrected chi connectivity index (χ4v) is 2.38. The first-order valence-electron chi connectivity index (χ1n) is 6.26. The van der Waals surface area contributed by atoms with Crippen LogP contribution in [0.15, 0.2) is 0 Å². The van der Waals surface area contributed by atoms with Crippen molar-refractivity contribution in [3.05, 3.63) is 0 Å². The lowest BCUT2D eigenvalue weighted by atomic mass is 9.95. The van der Waals surface area contributed by atoms with Crippen LogP contribution in [-0.2, 0) is 0 Å². The van der Waals surface area contributed by atoms with Crippen molar-refractivity contribution in [1.29, 1.82) is 0 Å². The monoisotopic (exact) mass is 228 g/mol. The van der Waals surface area contributed by atoms with Gasteiger partial charge in [0, 0.05) is 19.6 Å². The number of hydrogen-bond donors (Lipinski definition) is 1. The Balaban J connectivity index is 2.24. The average molecular weight is 228 g/mol. The number of hydrogen-bond acceptors (Lipinski definition) is 1. The molecule has 1 rings (SSSR count). The highest BCUT2D eigenvalue weighted by Gasteiger charge is 2.19. The Bertz CT molecular complexity index is 188. The minimum absolute atomic E-state index is 0.681. The second kappa shape index (κ2) is 7.04. The van der Waals surface area contributed by atoms with E-state index in [2.05, 4.69) is 24.2 Å². The predicted octanol–water partition coefficient (Wildman–Crippen LogP) is 2.93. The number of thiocarbonyl (C=S) groups is 1. The van der Waals surface area contributed by atoms with Crippen LogP contribution >= 0.6 is 12.2 Å². The Hall–Kier alpha value is -0.310. The molecule has 15 heavy (non-hydrogen) atoms. The smallest absolute Gasteiger partial charge is 0.168 e. The molecule has 0 aromatic rings. The maximum absolute atomic E-state index is 5.39. The summed E-state index contributed by atoms with van der Waals surface area (Å²) < 4.78 is 0. The Labute approximate surface area is 99.4 Å². The van der Waals surface area contributed by atoms with Crippen LogP contribution < -0.4 is 5.32 Å². The van der Waals surface area contributed by atoms with Crippen LogP contribution in [0.4, 0.5) is 0 Å². The van der Waals surface area contributed by atoms with Crippen molar-refractivity contribution in [2.75, 3.05) is 13.6 Å². The third-order valence-corrected chi connectivity index (χ3v) is 3.68. The Morgan fingerprint density at radius 2 is 2.00 bits per heavy atom. The normalized spacial score (nSPS) is 17.5. The van der Waals surface area contributed by atoms with Gasteiger partial charge >= 0.3 is 0 Å². The van der Waals surface area contributed by atoms with E-state index >= 15 is 0 Å². The van der Waals surface area contributed by atoms with E-state index in [0.29, 0.717) is 6.04 Å². The van der Waals surface area contributed by atoms with E-state index in [4.69, 9.17) is 12.2 Å². The average Bonchev–Trinajstić information content (AvgIpc) is 2.29. The molecule has 0 aromatic heterocycles. The fourth-order valence-electron chi connectivity index (χ4n) is 2.13. The highest BCUT2D eigenvalue weighted by atomic mass is 32.1. The van der Waals surface area contributed by atoms with E-state index in [0.717, 1.165) is 11.7 Å². The van der Waals surface area contributed by atoms with E-state index in [1.165, 1.54) is 44.9 Å². The number of rotatable bonds is 4. The lowest BCUT2D eigenvalue weighted by molar-refractivity contribution is 0.276. The first kappa shape index (κ1) is 12.8. The van der Waals surface area contributed by atoms with E-state index in [1.807, 2.05) is 0 Å². The Kier molecular flexibility index (Phi) is 5.99. The molecular weight excluding hydrogens is 204 g/mol. The highest BCUT2D eigenvalue weighted by molar-refractivity contribution is 7.80. The largest absolute Gasteiger partial charge is 0.363 e. The zero-order valence-corrected chi connectivity index (χ0v) is 10.9. The highest BCUT2D eigenvalue weighted by Crippen LogP contribution is 2.21. The summed E-state index contributed by atoms with van der Waals surface area (Å²) in [4.78, 5) is 2.27. The molecule has 0 saturated heterocycles. The summed E-state index contributed by atoms with van der Waals surface area (Å²) >= 11 is 5.39. The molecule has 0 heterocycles. The van der Waals surface area contributed by atoms with Gasteiger partial charge in [-0.15, -0.1) is 0 Å². The van der Waals surface area contributed by atoms with E-state index in [-0.39, 0.29) is 0 Å². The first-order valence-corrected chi connectivity index (χ1v) is 6.67. The van der Waals surface area contributed by atoms with Gasteiger partial charge in [0.05, 0.1) is 0 Å². The summed E-state index contributed by atoms with van der Waals surface area (Å²) in [5, 5.41) is 4.28. The van der Waals surface area contributed by atoms with Crippen LogP contribution in [0.1, 0.15) is 51.9 Å². The number of nitrogens with one attached hydrogen (secondary N) is 1. The molecule has 0 unspecified atom stereocenters. The first-order chi connectivity index (χ1) is 7.25. The van der Waals surface area contributed by atoms with Crippen LogP contribution in [0.2, 0.25) is 0 Å². The Morgan fingerprint density at radius 3 is 2.60 bits per heavy atom. The molecule has 0 bridgehead atoms. The minimum Gasteiger partial charge on any atom is -0.363 e. The van der Waals surface area contributed by atoms with Crippen molar-refractivity contribution in [2.24, 2.45) is 0 Å². The molecule has 88 valence electrons. The molecule has 0 amide bonds. The van der Waals surface area contributed by atoms with Gasteiger partial charge in [-0.25, -0.2) is 0 Å². The molecule has 0 radical (unpaired) electrons. The van der Waals surface area contributed by atoms with Crippen LogP contribution in [0.3, 0.4) is 0 Å². The molecule has 1 fully saturated rings. The van der Waals surface area contributed by atoms with Gasteiger partial charge in [-0.1, -0.05) is 32.6 Å². The van der Waals surface area contributed by atoms with Gasteiger partial charge in [-0.3, -0.25) is 0 Å². The maximum atomic E-state index is 5.39. The molecule has 3 heteroatoms. The molecule has 1 N–H and O–H groups in total. The van der Waals surface area contributed by atoms with E-state index in [9.17, 15) is 0 Å². The zero-order chi connectivity index (χ0) is 11.1. The molecule has 0 aliphatic heterocycles. The van der Waals surface area contributed by atoms with Gasteiger partial charge in [0.25, 0.3) is 0 Å². The summed E-state index contributed by atoms with van der Waals surface area (Å²) in [5.74, 6) is 0. The van der Waals surface area contributed by atoms with Gasteiger partial charge < -0.3 is 10.2 Å². The molecule has 0 atom stereocenters. The van der Waals surface area contributed by atoms with Crippen LogP contribution in [0, 0.1) is 0 Å². The number of nitrogens with zero attached hydrogens (tertiary/aromatic N) is 1. The van der Waals surface area contributed by atoms with E-state index in [1.54, 1.807) is 0 Å². The SMILES string of the molecule is CCCCNC(=S)N(C)C1CCCCC1. The summed E-state index contributed by atoms with van der Waals surface area (Å²) in [6.07, 6.45) is 9.19. The topological polar surface area (TPSA) is 15.3 Å². The minimum atomic E-state index is 0.681. The third kappa shape index (κ3) is 4.37. The lowest BCUT2D eigenvalue weighted by Crippen LogP contribution is -2.44. The molecule has 0 spiro atoms. The standard InChI is InChI=1S/C12H24N2S/c1-3-4-10-13-12(15)14(2)11-8-6-5-7-9-11/h11H,3-10H2,1-2H3,(H,13,15). The fraction of sp³-hybridized carbons (Fsp3) is 0.917. The summed E-state index contributed by atoms with van der Waals surface area (Å²) in [7, 11) is 2.14. The van der Waals surface area contributed by atoms with Crippen LogP contribution in [0.25, 0.3) is 0 Å². The molecular formula is C12H24N2S. The van der Waals surface area contributed by atoms with Crippen molar-refractivity contribution in [2.45, 2.75) is 57.9 Å². The number of unbranched alkanes of at least 4 members (excludes halogenated alkanes) is 1. The molecule has 2 nitrogen and oxygen atoms in total. The van der Waals surface area contributed by atoms with Crippen molar-refractivity contribution < 1.29 is 0 Å². The zero-order valence-electron chi connectivity index (χ0n) is 10.1. The van der Waals surface area contributed by atoms with Gasteiger partial charge in [0.2, 0.25) is 0 Å². The van der Waals surface area contributed by atoms with Crippen molar-refractivity contribution in [1.82, 2.24) is 10.2 Å².